The predicted molar refractivity (Wildman–Crippen MR) is 62.9 cm³/mol. The SMILES string of the molecule is NC1(C(=O)Nc2ccc(OC(F)F)c(Cl)c2)CC1. The van der Waals surface area contributed by atoms with Gasteiger partial charge in [0.1, 0.15) is 5.75 Å². The molecule has 18 heavy (non-hydrogen) atoms. The van der Waals surface area contributed by atoms with Gasteiger partial charge in [-0.05, 0) is 31.0 Å². The number of ether oxygens (including phenoxy) is 1. The Morgan fingerprint density at radius 1 is 1.50 bits per heavy atom. The van der Waals surface area contributed by atoms with Crippen LogP contribution in [0.2, 0.25) is 5.02 Å². The Morgan fingerprint density at radius 3 is 2.67 bits per heavy atom. The summed E-state index contributed by atoms with van der Waals surface area (Å²) in [6.07, 6.45) is 1.28. The van der Waals surface area contributed by atoms with E-state index in [2.05, 4.69) is 10.1 Å². The fourth-order valence-electron chi connectivity index (χ4n) is 1.39. The van der Waals surface area contributed by atoms with Crippen molar-refractivity contribution >= 4 is 23.2 Å². The van der Waals surface area contributed by atoms with Gasteiger partial charge in [0.15, 0.2) is 0 Å². The highest BCUT2D eigenvalue weighted by Crippen LogP contribution is 2.34. The molecule has 0 atom stereocenters. The van der Waals surface area contributed by atoms with Crippen molar-refractivity contribution in [2.75, 3.05) is 5.32 Å². The molecular formula is C11H11ClF2N2O2. The van der Waals surface area contributed by atoms with E-state index in [9.17, 15) is 13.6 Å². The number of hydrogen-bond acceptors (Lipinski definition) is 3. The number of nitrogens with two attached hydrogens (primary N) is 1. The number of nitrogens with one attached hydrogen (secondary N) is 1. The van der Waals surface area contributed by atoms with Crippen LogP contribution >= 0.6 is 11.6 Å². The Kier molecular flexibility index (Phi) is 3.41. The van der Waals surface area contributed by atoms with Crippen LogP contribution in [0, 0.1) is 0 Å². The molecule has 0 unspecified atom stereocenters. The fourth-order valence-corrected chi connectivity index (χ4v) is 1.61. The van der Waals surface area contributed by atoms with Gasteiger partial charge in [0.25, 0.3) is 0 Å². The van der Waals surface area contributed by atoms with Gasteiger partial charge in [-0.3, -0.25) is 4.79 Å². The Bertz CT molecular complexity index is 478. The third-order valence-corrected chi connectivity index (χ3v) is 2.94. The zero-order chi connectivity index (χ0) is 13.3. The molecular weight excluding hydrogens is 266 g/mol. The third kappa shape index (κ3) is 2.88. The molecule has 0 saturated heterocycles. The molecule has 0 radical (unpaired) electrons. The van der Waals surface area contributed by atoms with Gasteiger partial charge in [-0.15, -0.1) is 0 Å². The summed E-state index contributed by atoms with van der Waals surface area (Å²) in [4.78, 5) is 11.6. The third-order valence-electron chi connectivity index (χ3n) is 2.65. The molecule has 0 bridgehead atoms. The Balaban J connectivity index is 2.06. The van der Waals surface area contributed by atoms with Crippen LogP contribution in [-0.4, -0.2) is 18.1 Å². The number of anilines is 1. The van der Waals surface area contributed by atoms with Crippen LogP contribution in [-0.2, 0) is 4.79 Å². The van der Waals surface area contributed by atoms with Crippen LogP contribution in [0.25, 0.3) is 0 Å². The van der Waals surface area contributed by atoms with E-state index in [-0.39, 0.29) is 16.7 Å². The molecule has 0 spiro atoms. The van der Waals surface area contributed by atoms with E-state index < -0.39 is 12.2 Å². The van der Waals surface area contributed by atoms with Gasteiger partial charge in [0.05, 0.1) is 10.6 Å². The summed E-state index contributed by atoms with van der Waals surface area (Å²) >= 11 is 5.75. The van der Waals surface area contributed by atoms with Crippen molar-refractivity contribution in [2.45, 2.75) is 25.0 Å². The number of amides is 1. The van der Waals surface area contributed by atoms with Crippen molar-refractivity contribution in [1.82, 2.24) is 0 Å². The highest BCUT2D eigenvalue weighted by atomic mass is 35.5. The van der Waals surface area contributed by atoms with E-state index in [0.717, 1.165) is 0 Å². The first-order valence-corrected chi connectivity index (χ1v) is 5.63. The number of hydrogen-bond donors (Lipinski definition) is 2. The molecule has 0 aromatic heterocycles. The van der Waals surface area contributed by atoms with Crippen LogP contribution in [0.3, 0.4) is 0 Å². The van der Waals surface area contributed by atoms with Gasteiger partial charge in [-0.1, -0.05) is 11.6 Å². The number of benzene rings is 1. The van der Waals surface area contributed by atoms with Crippen molar-refractivity contribution in [1.29, 1.82) is 0 Å². The standard InChI is InChI=1S/C11H11ClF2N2O2/c12-7-5-6(1-2-8(7)18-10(13)14)16-9(17)11(15)3-4-11/h1-2,5,10H,3-4,15H2,(H,16,17). The van der Waals surface area contributed by atoms with Gasteiger partial charge in [0.2, 0.25) is 5.91 Å². The van der Waals surface area contributed by atoms with Gasteiger partial charge in [-0.25, -0.2) is 0 Å². The normalized spacial score (nSPS) is 16.5. The zero-order valence-corrected chi connectivity index (χ0v) is 10.0. The summed E-state index contributed by atoms with van der Waals surface area (Å²) in [6, 6.07) is 4.02. The Morgan fingerprint density at radius 2 is 2.17 bits per heavy atom. The minimum atomic E-state index is -2.94. The summed E-state index contributed by atoms with van der Waals surface area (Å²) in [6.45, 7) is -2.94. The lowest BCUT2D eigenvalue weighted by atomic mass is 10.2. The maximum atomic E-state index is 12.0. The molecule has 98 valence electrons. The van der Waals surface area contributed by atoms with E-state index in [1.807, 2.05) is 0 Å². The quantitative estimate of drug-likeness (QED) is 0.887. The van der Waals surface area contributed by atoms with Gasteiger partial charge in [0, 0.05) is 5.69 Å². The first-order chi connectivity index (χ1) is 8.40. The Labute approximate surface area is 107 Å². The van der Waals surface area contributed by atoms with Crippen molar-refractivity contribution in [2.24, 2.45) is 5.73 Å². The first-order valence-electron chi connectivity index (χ1n) is 5.25. The second-order valence-electron chi connectivity index (χ2n) is 4.13. The monoisotopic (exact) mass is 276 g/mol. The first kappa shape index (κ1) is 13.0. The van der Waals surface area contributed by atoms with E-state index in [1.54, 1.807) is 0 Å². The predicted octanol–water partition coefficient (Wildman–Crippen LogP) is 2.37. The molecule has 1 aromatic rings. The van der Waals surface area contributed by atoms with Crippen LogP contribution < -0.4 is 15.8 Å². The van der Waals surface area contributed by atoms with Gasteiger partial charge >= 0.3 is 6.61 Å². The summed E-state index contributed by atoms with van der Waals surface area (Å²) in [5.74, 6) is -0.445. The number of halogens is 3. The van der Waals surface area contributed by atoms with E-state index in [4.69, 9.17) is 17.3 Å². The summed E-state index contributed by atoms with van der Waals surface area (Å²) in [5.41, 5.74) is 5.29. The van der Waals surface area contributed by atoms with E-state index in [0.29, 0.717) is 18.5 Å². The molecule has 1 aliphatic carbocycles. The Hall–Kier alpha value is -1.40. The summed E-state index contributed by atoms with van der Waals surface area (Å²) in [7, 11) is 0. The molecule has 3 N–H and O–H groups in total. The minimum absolute atomic E-state index is 0.00466. The molecule has 1 fully saturated rings. The lowest BCUT2D eigenvalue weighted by molar-refractivity contribution is -0.118. The van der Waals surface area contributed by atoms with Crippen molar-refractivity contribution in [3.8, 4) is 5.75 Å². The molecule has 0 heterocycles. The number of carbonyl (C=O) groups is 1. The average molecular weight is 277 g/mol. The number of rotatable bonds is 4. The van der Waals surface area contributed by atoms with Crippen LogP contribution in [0.1, 0.15) is 12.8 Å². The van der Waals surface area contributed by atoms with Crippen molar-refractivity contribution in [3.05, 3.63) is 23.2 Å². The molecule has 2 rings (SSSR count). The molecule has 7 heteroatoms. The highest BCUT2D eigenvalue weighted by molar-refractivity contribution is 6.32. The van der Waals surface area contributed by atoms with Crippen molar-refractivity contribution < 1.29 is 18.3 Å². The lowest BCUT2D eigenvalue weighted by Gasteiger charge is -2.12. The van der Waals surface area contributed by atoms with Crippen LogP contribution in [0.5, 0.6) is 5.75 Å². The molecule has 0 aliphatic heterocycles. The lowest BCUT2D eigenvalue weighted by Crippen LogP contribution is -2.37. The second-order valence-corrected chi connectivity index (χ2v) is 4.54. The topological polar surface area (TPSA) is 64.4 Å². The molecule has 1 aromatic carbocycles. The summed E-state index contributed by atoms with van der Waals surface area (Å²) < 4.78 is 28.2. The van der Waals surface area contributed by atoms with E-state index >= 15 is 0 Å². The molecule has 1 aliphatic rings. The largest absolute Gasteiger partial charge is 0.433 e. The van der Waals surface area contributed by atoms with Crippen molar-refractivity contribution in [3.63, 3.8) is 0 Å². The number of alkyl halides is 2. The van der Waals surface area contributed by atoms with Gasteiger partial charge in [-0.2, -0.15) is 8.78 Å². The van der Waals surface area contributed by atoms with Crippen LogP contribution in [0.4, 0.5) is 14.5 Å². The second kappa shape index (κ2) is 4.70. The van der Waals surface area contributed by atoms with Gasteiger partial charge < -0.3 is 15.8 Å². The van der Waals surface area contributed by atoms with E-state index in [1.165, 1.54) is 18.2 Å². The summed E-state index contributed by atoms with van der Waals surface area (Å²) in [5, 5.41) is 2.57. The zero-order valence-electron chi connectivity index (χ0n) is 9.25. The maximum absolute atomic E-state index is 12.0. The fraction of sp³-hybridized carbons (Fsp3) is 0.364. The molecule has 1 amide bonds. The van der Waals surface area contributed by atoms with Crippen LogP contribution in [0.15, 0.2) is 18.2 Å². The minimum Gasteiger partial charge on any atom is -0.433 e. The molecule has 4 nitrogen and oxygen atoms in total. The molecule has 1 saturated carbocycles. The smallest absolute Gasteiger partial charge is 0.387 e. The highest BCUT2D eigenvalue weighted by Gasteiger charge is 2.45. The average Bonchev–Trinajstić information content (AvgIpc) is 3.01. The number of carbonyl (C=O) groups excluding carboxylic acids is 1. The maximum Gasteiger partial charge on any atom is 0.387 e.